The Bertz CT molecular complexity index is 673. The van der Waals surface area contributed by atoms with Crippen LogP contribution in [0.5, 0.6) is 11.5 Å². The molecule has 0 bridgehead atoms. The van der Waals surface area contributed by atoms with Crippen LogP contribution in [-0.4, -0.2) is 29.6 Å². The Morgan fingerprint density at radius 3 is 2.70 bits per heavy atom. The van der Waals surface area contributed by atoms with Gasteiger partial charge >= 0.3 is 0 Å². The highest BCUT2D eigenvalue weighted by Gasteiger charge is 2.26. The molecular weight excluding hydrogens is 294 g/mol. The van der Waals surface area contributed by atoms with E-state index >= 15 is 0 Å². The molecule has 0 aliphatic heterocycles. The van der Waals surface area contributed by atoms with Crippen LogP contribution in [0.4, 0.5) is 0 Å². The zero-order valence-corrected chi connectivity index (χ0v) is 13.7. The van der Waals surface area contributed by atoms with E-state index < -0.39 is 5.60 Å². The van der Waals surface area contributed by atoms with Crippen molar-refractivity contribution in [2.45, 2.75) is 32.8 Å². The summed E-state index contributed by atoms with van der Waals surface area (Å²) in [6.07, 6.45) is 2.44. The molecular formula is C18H23NO4. The summed E-state index contributed by atoms with van der Waals surface area (Å²) >= 11 is 0. The van der Waals surface area contributed by atoms with E-state index in [0.717, 1.165) is 12.2 Å². The van der Waals surface area contributed by atoms with Gasteiger partial charge in [0.1, 0.15) is 28.6 Å². The van der Waals surface area contributed by atoms with Gasteiger partial charge in [-0.25, -0.2) is 0 Å². The minimum Gasteiger partial charge on any atom is -0.507 e. The normalized spacial score (nSPS) is 14.1. The number of aromatic hydroxyl groups is 1. The van der Waals surface area contributed by atoms with E-state index in [0.29, 0.717) is 23.7 Å². The van der Waals surface area contributed by atoms with Crippen molar-refractivity contribution in [3.05, 3.63) is 47.4 Å². The van der Waals surface area contributed by atoms with Gasteiger partial charge in [0, 0.05) is 17.8 Å². The molecule has 23 heavy (non-hydrogen) atoms. The third-order valence-electron chi connectivity index (χ3n) is 3.38. The highest BCUT2D eigenvalue weighted by Crippen LogP contribution is 2.25. The Hall–Kier alpha value is -2.27. The number of aliphatic imine (C=N–C) groups is 1. The third-order valence-corrected chi connectivity index (χ3v) is 3.38. The summed E-state index contributed by atoms with van der Waals surface area (Å²) in [6, 6.07) is 8.61. The summed E-state index contributed by atoms with van der Waals surface area (Å²) in [5.41, 5.74) is -0.620. The van der Waals surface area contributed by atoms with Crippen LogP contribution in [0.1, 0.15) is 37.4 Å². The van der Waals surface area contributed by atoms with E-state index in [-0.39, 0.29) is 12.3 Å². The number of phenolic OH excluding ortho intramolecular Hbond substituents is 1. The molecule has 0 amide bonds. The van der Waals surface area contributed by atoms with Crippen molar-refractivity contribution in [1.82, 2.24) is 0 Å². The minimum atomic E-state index is -1.19. The molecule has 124 valence electrons. The summed E-state index contributed by atoms with van der Waals surface area (Å²) in [7, 11) is 0. The van der Waals surface area contributed by atoms with Gasteiger partial charge in [0.25, 0.3) is 0 Å². The second-order valence-corrected chi connectivity index (χ2v) is 5.72. The first-order chi connectivity index (χ1) is 10.9. The maximum Gasteiger partial charge on any atom is 0.139 e. The highest BCUT2D eigenvalue weighted by molar-refractivity contribution is 5.83. The fourth-order valence-electron chi connectivity index (χ4n) is 2.07. The molecule has 2 N–H and O–H groups in total. The molecule has 0 radical (unpaired) electrons. The van der Waals surface area contributed by atoms with Gasteiger partial charge in [0.15, 0.2) is 0 Å². The lowest BCUT2D eigenvalue weighted by molar-refractivity contribution is 0.0431. The predicted octanol–water partition coefficient (Wildman–Crippen LogP) is 3.41. The van der Waals surface area contributed by atoms with Crippen LogP contribution < -0.4 is 4.74 Å². The summed E-state index contributed by atoms with van der Waals surface area (Å²) in [4.78, 5) is 4.22. The molecule has 0 saturated carbocycles. The lowest BCUT2D eigenvalue weighted by Crippen LogP contribution is -2.24. The molecule has 0 aliphatic rings. The van der Waals surface area contributed by atoms with Crippen molar-refractivity contribution in [2.75, 3.05) is 13.2 Å². The molecule has 5 nitrogen and oxygen atoms in total. The second kappa shape index (κ2) is 7.33. The topological polar surface area (TPSA) is 75.2 Å². The van der Waals surface area contributed by atoms with Gasteiger partial charge < -0.3 is 19.4 Å². The van der Waals surface area contributed by atoms with Crippen molar-refractivity contribution in [3.63, 3.8) is 0 Å². The van der Waals surface area contributed by atoms with Crippen LogP contribution in [0.3, 0.4) is 0 Å². The van der Waals surface area contributed by atoms with Gasteiger partial charge in [-0.15, -0.1) is 0 Å². The van der Waals surface area contributed by atoms with Crippen molar-refractivity contribution in [2.24, 2.45) is 4.99 Å². The Labute approximate surface area is 136 Å². The molecule has 2 aromatic rings. The highest BCUT2D eigenvalue weighted by atomic mass is 16.5. The minimum absolute atomic E-state index is 0.0934. The summed E-state index contributed by atoms with van der Waals surface area (Å²) in [6.45, 7) is 6.23. The number of furan rings is 1. The van der Waals surface area contributed by atoms with Crippen molar-refractivity contribution < 1.29 is 19.4 Å². The van der Waals surface area contributed by atoms with Crippen LogP contribution in [-0.2, 0) is 5.60 Å². The number of nitrogens with zero attached hydrogens (tertiary/aromatic N) is 1. The number of hydrogen-bond donors (Lipinski definition) is 2. The zero-order chi connectivity index (χ0) is 16.9. The maximum absolute atomic E-state index is 10.4. The van der Waals surface area contributed by atoms with Crippen molar-refractivity contribution >= 4 is 6.21 Å². The Morgan fingerprint density at radius 1 is 1.30 bits per heavy atom. The fourth-order valence-corrected chi connectivity index (χ4v) is 2.07. The van der Waals surface area contributed by atoms with Crippen LogP contribution in [0.15, 0.2) is 39.7 Å². The first-order valence-corrected chi connectivity index (χ1v) is 7.67. The average molecular weight is 317 g/mol. The third kappa shape index (κ3) is 4.60. The molecule has 2 rings (SSSR count). The monoisotopic (exact) mass is 317 g/mol. The molecule has 1 heterocycles. The SMILES string of the molecule is CCCOc1ccc(C=NCC(C)(O)c2ccc(C)o2)c(O)c1. The quantitative estimate of drug-likeness (QED) is 0.767. The lowest BCUT2D eigenvalue weighted by Gasteiger charge is -2.17. The first kappa shape index (κ1) is 17.1. The lowest BCUT2D eigenvalue weighted by atomic mass is 10.0. The van der Waals surface area contributed by atoms with Gasteiger partial charge in [0.2, 0.25) is 0 Å². The Kier molecular flexibility index (Phi) is 5.45. The number of aliphatic hydroxyl groups is 1. The molecule has 1 aromatic heterocycles. The average Bonchev–Trinajstić information content (AvgIpc) is 2.94. The molecule has 1 unspecified atom stereocenters. The molecule has 0 aliphatic carbocycles. The molecule has 0 fully saturated rings. The Balaban J connectivity index is 2.02. The number of hydrogen-bond acceptors (Lipinski definition) is 5. The van der Waals surface area contributed by atoms with Gasteiger partial charge in [-0.1, -0.05) is 6.92 Å². The van der Waals surface area contributed by atoms with Crippen LogP contribution in [0.2, 0.25) is 0 Å². The molecule has 5 heteroatoms. The standard InChI is InChI=1S/C18H23NO4/c1-4-9-22-15-7-6-14(16(20)10-15)11-19-12-18(3,21)17-8-5-13(2)23-17/h5-8,10-11,20-21H,4,9,12H2,1-3H3. The number of ether oxygens (including phenoxy) is 1. The summed E-state index contributed by atoms with van der Waals surface area (Å²) < 4.78 is 10.9. The molecule has 1 atom stereocenters. The smallest absolute Gasteiger partial charge is 0.139 e. The number of rotatable bonds is 7. The summed E-state index contributed by atoms with van der Waals surface area (Å²) in [5.74, 6) is 1.93. The molecule has 0 spiro atoms. The number of benzene rings is 1. The van der Waals surface area contributed by atoms with Crippen molar-refractivity contribution in [1.29, 1.82) is 0 Å². The van der Waals surface area contributed by atoms with E-state index in [4.69, 9.17) is 9.15 Å². The van der Waals surface area contributed by atoms with E-state index in [2.05, 4.69) is 4.99 Å². The zero-order valence-electron chi connectivity index (χ0n) is 13.7. The van der Waals surface area contributed by atoms with E-state index in [1.165, 1.54) is 6.21 Å². The van der Waals surface area contributed by atoms with Gasteiger partial charge in [-0.3, -0.25) is 4.99 Å². The predicted molar refractivity (Wildman–Crippen MR) is 89.4 cm³/mol. The number of phenols is 1. The van der Waals surface area contributed by atoms with Gasteiger partial charge in [-0.2, -0.15) is 0 Å². The fraction of sp³-hybridized carbons (Fsp3) is 0.389. The molecule has 0 saturated heterocycles. The van der Waals surface area contributed by atoms with Gasteiger partial charge in [0.05, 0.1) is 13.2 Å². The van der Waals surface area contributed by atoms with Gasteiger partial charge in [-0.05, 0) is 44.5 Å². The Morgan fingerprint density at radius 2 is 2.09 bits per heavy atom. The summed E-state index contributed by atoms with van der Waals surface area (Å²) in [5, 5.41) is 20.4. The van der Waals surface area contributed by atoms with E-state index in [1.807, 2.05) is 13.8 Å². The largest absolute Gasteiger partial charge is 0.507 e. The van der Waals surface area contributed by atoms with Crippen LogP contribution in [0, 0.1) is 6.92 Å². The maximum atomic E-state index is 10.4. The van der Waals surface area contributed by atoms with Crippen molar-refractivity contribution in [3.8, 4) is 11.5 Å². The van der Waals surface area contributed by atoms with Crippen LogP contribution >= 0.6 is 0 Å². The van der Waals surface area contributed by atoms with Crippen LogP contribution in [0.25, 0.3) is 0 Å². The number of aryl methyl sites for hydroxylation is 1. The molecule has 1 aromatic carbocycles. The second-order valence-electron chi connectivity index (χ2n) is 5.72. The van der Waals surface area contributed by atoms with E-state index in [9.17, 15) is 10.2 Å². The first-order valence-electron chi connectivity index (χ1n) is 7.67. The van der Waals surface area contributed by atoms with E-state index in [1.54, 1.807) is 37.3 Å².